The van der Waals surface area contributed by atoms with Crippen molar-refractivity contribution in [2.24, 2.45) is 5.73 Å². The molecule has 7 nitrogen and oxygen atoms in total. The average molecular weight is 277 g/mol. The van der Waals surface area contributed by atoms with E-state index in [-0.39, 0.29) is 12.2 Å². The first-order valence-electron chi connectivity index (χ1n) is 5.74. The van der Waals surface area contributed by atoms with E-state index in [2.05, 4.69) is 17.2 Å². The molecule has 0 aliphatic rings. The van der Waals surface area contributed by atoms with Gasteiger partial charge in [-0.3, -0.25) is 4.79 Å². The summed E-state index contributed by atoms with van der Waals surface area (Å²) in [4.78, 5) is 33.5. The number of benzene rings is 1. The number of carbonyl (C=O) groups excluding carboxylic acids is 3. The molecule has 0 saturated carbocycles. The smallest absolute Gasteiger partial charge is 0.338 e. The lowest BCUT2D eigenvalue weighted by molar-refractivity contribution is -0.124. The Kier molecular flexibility index (Phi) is 5.76. The Balaban J connectivity index is 2.49. The Morgan fingerprint density at radius 3 is 2.45 bits per heavy atom. The SMILES string of the molecule is C=CCNC(=O)COC(=O)c1ccc(NC(N)=O)cc1. The van der Waals surface area contributed by atoms with Crippen LogP contribution >= 0.6 is 0 Å². The number of nitrogens with one attached hydrogen (secondary N) is 2. The van der Waals surface area contributed by atoms with Crippen LogP contribution in [0.5, 0.6) is 0 Å². The van der Waals surface area contributed by atoms with Crippen LogP contribution in [0.3, 0.4) is 0 Å². The van der Waals surface area contributed by atoms with Crippen molar-refractivity contribution in [3.63, 3.8) is 0 Å². The molecule has 0 bridgehead atoms. The first-order valence-corrected chi connectivity index (χ1v) is 5.74. The third-order valence-corrected chi connectivity index (χ3v) is 2.17. The molecule has 0 fully saturated rings. The Morgan fingerprint density at radius 2 is 1.90 bits per heavy atom. The number of amides is 3. The monoisotopic (exact) mass is 277 g/mol. The van der Waals surface area contributed by atoms with Gasteiger partial charge in [0.1, 0.15) is 0 Å². The molecule has 3 amide bonds. The maximum atomic E-state index is 11.6. The van der Waals surface area contributed by atoms with Crippen molar-refractivity contribution in [2.45, 2.75) is 0 Å². The summed E-state index contributed by atoms with van der Waals surface area (Å²) in [5, 5.41) is 4.83. The third-order valence-electron chi connectivity index (χ3n) is 2.17. The number of anilines is 1. The second-order valence-corrected chi connectivity index (χ2v) is 3.74. The summed E-state index contributed by atoms with van der Waals surface area (Å²) in [6.45, 7) is 3.39. The van der Waals surface area contributed by atoms with Gasteiger partial charge in [0.05, 0.1) is 5.56 Å². The first-order chi connectivity index (χ1) is 9.52. The number of urea groups is 1. The molecule has 0 saturated heterocycles. The number of ether oxygens (including phenoxy) is 1. The van der Waals surface area contributed by atoms with Gasteiger partial charge in [-0.2, -0.15) is 0 Å². The Morgan fingerprint density at radius 1 is 1.25 bits per heavy atom. The highest BCUT2D eigenvalue weighted by Gasteiger charge is 2.09. The number of hydrogen-bond acceptors (Lipinski definition) is 4. The zero-order valence-electron chi connectivity index (χ0n) is 10.7. The number of esters is 1. The summed E-state index contributed by atoms with van der Waals surface area (Å²) in [6.07, 6.45) is 1.52. The number of primary amides is 1. The van der Waals surface area contributed by atoms with Gasteiger partial charge in [-0.25, -0.2) is 9.59 Å². The molecule has 0 radical (unpaired) electrons. The van der Waals surface area contributed by atoms with Crippen LogP contribution in [0.25, 0.3) is 0 Å². The average Bonchev–Trinajstić information content (AvgIpc) is 2.42. The minimum absolute atomic E-state index is 0.261. The largest absolute Gasteiger partial charge is 0.452 e. The lowest BCUT2D eigenvalue weighted by atomic mass is 10.2. The van der Waals surface area contributed by atoms with Crippen LogP contribution in [0.1, 0.15) is 10.4 Å². The van der Waals surface area contributed by atoms with Crippen LogP contribution in [-0.2, 0) is 9.53 Å². The Bertz CT molecular complexity index is 511. The highest BCUT2D eigenvalue weighted by molar-refractivity contribution is 5.93. The Hall–Kier alpha value is -2.83. The standard InChI is InChI=1S/C13H15N3O4/c1-2-7-15-11(17)8-20-12(18)9-3-5-10(6-4-9)16-13(14)19/h2-6H,1,7-8H2,(H,15,17)(H3,14,16,19). The van der Waals surface area contributed by atoms with E-state index in [1.165, 1.54) is 30.3 Å². The number of carbonyl (C=O) groups is 3. The second-order valence-electron chi connectivity index (χ2n) is 3.74. The van der Waals surface area contributed by atoms with Crippen molar-refractivity contribution < 1.29 is 19.1 Å². The molecule has 0 heterocycles. The fourth-order valence-electron chi connectivity index (χ4n) is 1.28. The van der Waals surface area contributed by atoms with Gasteiger partial charge in [0.15, 0.2) is 6.61 Å². The number of hydrogen-bond donors (Lipinski definition) is 3. The lowest BCUT2D eigenvalue weighted by Crippen LogP contribution is -2.28. The van der Waals surface area contributed by atoms with E-state index >= 15 is 0 Å². The fraction of sp³-hybridized carbons (Fsp3) is 0.154. The molecule has 0 aliphatic carbocycles. The van der Waals surface area contributed by atoms with Crippen LogP contribution in [0.4, 0.5) is 10.5 Å². The molecule has 0 atom stereocenters. The van der Waals surface area contributed by atoms with Crippen LogP contribution in [0.15, 0.2) is 36.9 Å². The molecule has 4 N–H and O–H groups in total. The maximum absolute atomic E-state index is 11.6. The van der Waals surface area contributed by atoms with Gasteiger partial charge in [0.25, 0.3) is 5.91 Å². The van der Waals surface area contributed by atoms with Gasteiger partial charge in [-0.15, -0.1) is 6.58 Å². The molecule has 0 aliphatic heterocycles. The van der Waals surface area contributed by atoms with Crippen LogP contribution in [-0.4, -0.2) is 31.1 Å². The van der Waals surface area contributed by atoms with E-state index in [4.69, 9.17) is 10.5 Å². The first kappa shape index (κ1) is 15.2. The van der Waals surface area contributed by atoms with Crippen molar-refractivity contribution >= 4 is 23.6 Å². The van der Waals surface area contributed by atoms with Crippen molar-refractivity contribution in [1.82, 2.24) is 5.32 Å². The summed E-state index contributed by atoms with van der Waals surface area (Å²) in [7, 11) is 0. The number of nitrogens with two attached hydrogens (primary N) is 1. The normalized spacial score (nSPS) is 9.40. The lowest BCUT2D eigenvalue weighted by Gasteiger charge is -2.06. The highest BCUT2D eigenvalue weighted by Crippen LogP contribution is 2.10. The summed E-state index contributed by atoms with van der Waals surface area (Å²) < 4.78 is 4.81. The van der Waals surface area contributed by atoms with Crippen LogP contribution in [0.2, 0.25) is 0 Å². The fourth-order valence-corrected chi connectivity index (χ4v) is 1.28. The van der Waals surface area contributed by atoms with Gasteiger partial charge >= 0.3 is 12.0 Å². The predicted molar refractivity (Wildman–Crippen MR) is 73.1 cm³/mol. The quantitative estimate of drug-likeness (QED) is 0.523. The molecule has 0 aromatic heterocycles. The zero-order valence-corrected chi connectivity index (χ0v) is 10.7. The van der Waals surface area contributed by atoms with Crippen LogP contribution < -0.4 is 16.4 Å². The van der Waals surface area contributed by atoms with E-state index in [1.807, 2.05) is 0 Å². The summed E-state index contributed by atoms with van der Waals surface area (Å²) in [5.41, 5.74) is 5.67. The van der Waals surface area contributed by atoms with E-state index < -0.39 is 17.9 Å². The molecule has 0 spiro atoms. The van der Waals surface area contributed by atoms with Crippen molar-refractivity contribution in [3.8, 4) is 0 Å². The van der Waals surface area contributed by atoms with Crippen molar-refractivity contribution in [3.05, 3.63) is 42.5 Å². The molecule has 1 aromatic rings. The molecular formula is C13H15N3O4. The third kappa shape index (κ3) is 5.21. The second kappa shape index (κ2) is 7.57. The summed E-state index contributed by atoms with van der Waals surface area (Å²) >= 11 is 0. The molecule has 20 heavy (non-hydrogen) atoms. The molecule has 106 valence electrons. The van der Waals surface area contributed by atoms with Crippen molar-refractivity contribution in [1.29, 1.82) is 0 Å². The molecule has 1 aromatic carbocycles. The van der Waals surface area contributed by atoms with E-state index in [0.717, 1.165) is 0 Å². The topological polar surface area (TPSA) is 111 Å². The molecular weight excluding hydrogens is 262 g/mol. The minimum Gasteiger partial charge on any atom is -0.452 e. The predicted octanol–water partition coefficient (Wildman–Crippen LogP) is 0.636. The molecule has 1 rings (SSSR count). The van der Waals surface area contributed by atoms with E-state index in [0.29, 0.717) is 12.2 Å². The maximum Gasteiger partial charge on any atom is 0.338 e. The molecule has 7 heteroatoms. The van der Waals surface area contributed by atoms with Crippen LogP contribution in [0, 0.1) is 0 Å². The van der Waals surface area contributed by atoms with Gasteiger partial charge in [0.2, 0.25) is 0 Å². The molecule has 0 unspecified atom stereocenters. The van der Waals surface area contributed by atoms with E-state index in [1.54, 1.807) is 0 Å². The highest BCUT2D eigenvalue weighted by atomic mass is 16.5. The zero-order chi connectivity index (χ0) is 15.0. The van der Waals surface area contributed by atoms with Gasteiger partial charge < -0.3 is 21.1 Å². The summed E-state index contributed by atoms with van der Waals surface area (Å²) in [5.74, 6) is -1.05. The van der Waals surface area contributed by atoms with Crippen molar-refractivity contribution in [2.75, 3.05) is 18.5 Å². The summed E-state index contributed by atoms with van der Waals surface area (Å²) in [6, 6.07) is 5.21. The van der Waals surface area contributed by atoms with E-state index in [9.17, 15) is 14.4 Å². The van der Waals surface area contributed by atoms with Gasteiger partial charge in [-0.05, 0) is 24.3 Å². The Labute approximate surface area is 115 Å². The number of rotatable bonds is 6. The minimum atomic E-state index is -0.695. The van der Waals surface area contributed by atoms with Gasteiger partial charge in [-0.1, -0.05) is 6.08 Å². The van der Waals surface area contributed by atoms with Gasteiger partial charge in [0, 0.05) is 12.2 Å².